The first-order valence-corrected chi connectivity index (χ1v) is 43.9. The molecule has 1 atom stereocenters. The average Bonchev–Trinajstić information content (AvgIpc) is 0.685. The van der Waals surface area contributed by atoms with E-state index in [4.69, 9.17) is 19.6 Å². The van der Waals surface area contributed by atoms with Gasteiger partial charge < -0.3 is 34.9 Å². The molecule has 7 N–H and O–H groups in total. The molecule has 0 bridgehead atoms. The van der Waals surface area contributed by atoms with Gasteiger partial charge in [0.05, 0.1) is 0 Å². The second-order valence-corrected chi connectivity index (χ2v) is 36.0. The fraction of sp³-hybridized carbons (Fsp3) is 0.798. The Bertz CT molecular complexity index is 2450. The summed E-state index contributed by atoms with van der Waals surface area (Å²) in [6, 6.07) is 14.2. The Labute approximate surface area is 615 Å². The molecule has 0 aromatic heterocycles. The van der Waals surface area contributed by atoms with Crippen molar-refractivity contribution in [1.29, 1.82) is 0 Å². The molecule has 3 aromatic rings. The summed E-state index contributed by atoms with van der Waals surface area (Å²) in [7, 11) is -5.22. The van der Waals surface area contributed by atoms with Crippen LogP contribution in [-0.4, -0.2) is 34.9 Å². The van der Waals surface area contributed by atoms with Crippen LogP contribution in [0.3, 0.4) is 0 Å². The van der Waals surface area contributed by atoms with E-state index in [1.807, 2.05) is 0 Å². The minimum absolute atomic E-state index is 0.268. The number of aryl methyl sites for hydroxylation is 3. The topological polar surface area (TPSA) is 151 Å². The molecular weight excluding hydrogens is 1260 g/mol. The monoisotopic (exact) mass is 1420 g/mol. The second kappa shape index (κ2) is 50.3. The number of benzene rings is 3. The molecule has 3 rings (SSSR count). The third kappa shape index (κ3) is 33.0. The average molecular weight is 1420 g/mol. The van der Waals surface area contributed by atoms with E-state index in [9.17, 15) is 15.3 Å². The maximum atomic E-state index is 12.5. The largest absolute Gasteiger partial charge is 0.508 e. The summed E-state index contributed by atoms with van der Waals surface area (Å²) in [5, 5.41) is 37.2. The van der Waals surface area contributed by atoms with E-state index in [0.717, 1.165) is 68.1 Å². The zero-order valence-electron chi connectivity index (χ0n) is 67.8. The second-order valence-electron chi connectivity index (χ2n) is 34.4. The quantitative estimate of drug-likeness (QED) is 0.0218. The van der Waals surface area contributed by atoms with E-state index in [0.29, 0.717) is 17.2 Å². The normalized spacial score (nSPS) is 13.2. The van der Waals surface area contributed by atoms with Crippen molar-refractivity contribution in [1.82, 2.24) is 0 Å². The lowest BCUT2D eigenvalue weighted by atomic mass is 9.40. The Morgan fingerprint density at radius 3 is 0.687 bits per heavy atom. The Kier molecular flexibility index (Phi) is 47.1. The van der Waals surface area contributed by atoms with Gasteiger partial charge >= 0.3 is 17.2 Å². The highest BCUT2D eigenvalue weighted by Gasteiger charge is 2.62. The van der Waals surface area contributed by atoms with Crippen LogP contribution in [0.25, 0.3) is 0 Å². The smallest absolute Gasteiger partial charge is 0.334 e. The Balaban J connectivity index is 0.00000450. The highest BCUT2D eigenvalue weighted by Crippen LogP contribution is 2.68. The van der Waals surface area contributed by atoms with Crippen molar-refractivity contribution in [2.24, 2.45) is 5.41 Å². The molecule has 10 heteroatoms. The summed E-state index contributed by atoms with van der Waals surface area (Å²) in [4.78, 5) is 31.3. The minimum atomic E-state index is -2.61. The number of phenols is 3. The third-order valence-corrected chi connectivity index (χ3v) is 24.0. The summed E-state index contributed by atoms with van der Waals surface area (Å²) in [5.41, 5.74) is 8.87. The molecule has 0 saturated carbocycles. The van der Waals surface area contributed by atoms with Crippen LogP contribution < -0.4 is 0 Å². The molecule has 0 aliphatic carbocycles. The molecule has 1 unspecified atom stereocenters. The van der Waals surface area contributed by atoms with Gasteiger partial charge in [0, 0.05) is 5.41 Å². The van der Waals surface area contributed by atoms with Gasteiger partial charge in [-0.2, -0.15) is 0 Å². The maximum absolute atomic E-state index is 12.5. The van der Waals surface area contributed by atoms with Crippen LogP contribution in [0.5, 0.6) is 17.2 Å². The molecule has 0 amide bonds. The van der Waals surface area contributed by atoms with Gasteiger partial charge in [-0.15, -0.1) is 0 Å². The number of hydrogen-bond acceptors (Lipinski definition) is 8. The fourth-order valence-corrected chi connectivity index (χ4v) is 17.7. The number of aromatic hydroxyl groups is 3. The Morgan fingerprint density at radius 2 is 0.465 bits per heavy atom. The first-order chi connectivity index (χ1) is 47.0. The Morgan fingerprint density at radius 1 is 0.263 bits per heavy atom. The van der Waals surface area contributed by atoms with Crippen molar-refractivity contribution in [2.45, 2.75) is 453 Å². The predicted octanol–water partition coefficient (Wildman–Crippen LogP) is 29.1. The molecule has 0 aliphatic rings. The van der Waals surface area contributed by atoms with Gasteiger partial charge in [-0.05, 0) is 142 Å². The van der Waals surface area contributed by atoms with E-state index in [2.05, 4.69) is 158 Å². The van der Waals surface area contributed by atoms with Gasteiger partial charge in [-0.1, -0.05) is 398 Å². The summed E-state index contributed by atoms with van der Waals surface area (Å²) >= 11 is 0. The van der Waals surface area contributed by atoms with Gasteiger partial charge in [-0.25, -0.2) is 4.31 Å². The molecule has 3 aromatic carbocycles. The van der Waals surface area contributed by atoms with Crippen LogP contribution in [0.1, 0.15) is 455 Å². The summed E-state index contributed by atoms with van der Waals surface area (Å²) < 4.78 is 3.60. The minimum Gasteiger partial charge on any atom is -0.508 e. The van der Waals surface area contributed by atoms with Crippen LogP contribution in [-0.2, 0) is 31.4 Å². The standard InChI is InChI=1S/C89H156O3.H4O5P2/c1-18-22-26-30-34-38-42-46-50-54-58-62-87(17,75-69-78(84(8,9)10)81(90)66-72(75)5)88(63-59-55-51-47-43-39-35-31-27-23-19-2,64-60-56-52-48-44-40-36-32-28-24-20-3)89(65-61-57-53-49-45-41-37-33-29-25-21-4,76-70-79(85(11,12)13)82(91)67-73(76)6)77-71-80(86(14,15)16)83(92)68-74(77)7;1-6(2)5-7(3)4/h66-71,90-92H,18-65H2,1-17H3;1-4H. The number of phenolic OH excluding ortho intramolecular Hbond substituents is 3. The van der Waals surface area contributed by atoms with Crippen molar-refractivity contribution < 1.29 is 39.2 Å². The molecule has 0 aliphatic heterocycles. The van der Waals surface area contributed by atoms with Crippen molar-refractivity contribution >= 4 is 17.2 Å². The zero-order chi connectivity index (χ0) is 74.0. The van der Waals surface area contributed by atoms with E-state index >= 15 is 0 Å². The van der Waals surface area contributed by atoms with Gasteiger partial charge in [0.25, 0.3) is 0 Å². The van der Waals surface area contributed by atoms with Gasteiger partial charge in [0.2, 0.25) is 0 Å². The third-order valence-electron chi connectivity index (χ3n) is 22.8. The van der Waals surface area contributed by atoms with Gasteiger partial charge in [-0.3, -0.25) is 0 Å². The predicted molar refractivity (Wildman–Crippen MR) is 433 cm³/mol. The molecule has 0 saturated heterocycles. The molecule has 0 fully saturated rings. The number of rotatable bonds is 55. The highest BCUT2D eigenvalue weighted by molar-refractivity contribution is 7.53. The summed E-state index contributed by atoms with van der Waals surface area (Å²) in [6.07, 6.45) is 61.9. The molecule has 0 spiro atoms. The van der Waals surface area contributed by atoms with Crippen molar-refractivity contribution in [3.05, 3.63) is 86.5 Å². The van der Waals surface area contributed by atoms with Crippen LogP contribution >= 0.6 is 17.2 Å². The van der Waals surface area contributed by atoms with Gasteiger partial charge in [0.15, 0.2) is 0 Å². The number of unbranched alkanes of at least 4 members (excludes halogenated alkanes) is 40. The van der Waals surface area contributed by atoms with Crippen molar-refractivity contribution in [3.8, 4) is 17.2 Å². The van der Waals surface area contributed by atoms with Crippen LogP contribution in [0, 0.1) is 26.2 Å². The highest BCUT2D eigenvalue weighted by atomic mass is 31.2. The lowest BCUT2D eigenvalue weighted by Gasteiger charge is -2.63. The molecule has 99 heavy (non-hydrogen) atoms. The fourth-order valence-electron chi connectivity index (χ4n) is 17.2. The molecule has 574 valence electrons. The van der Waals surface area contributed by atoms with Crippen LogP contribution in [0.15, 0.2) is 36.4 Å². The van der Waals surface area contributed by atoms with Crippen molar-refractivity contribution in [2.75, 3.05) is 0 Å². The maximum Gasteiger partial charge on any atom is 0.334 e. The Hall–Kier alpha value is -2.28. The molecular formula is C89H160O8P2. The molecule has 8 nitrogen and oxygen atoms in total. The van der Waals surface area contributed by atoms with Gasteiger partial charge in [0.1, 0.15) is 17.2 Å². The van der Waals surface area contributed by atoms with Crippen LogP contribution in [0.2, 0.25) is 0 Å². The summed E-state index contributed by atoms with van der Waals surface area (Å²) in [6.45, 7) is 40.0. The lowest BCUT2D eigenvalue weighted by molar-refractivity contribution is -0.000861. The van der Waals surface area contributed by atoms with E-state index in [1.54, 1.807) is 0 Å². The SMILES string of the molecule is CCCCCCCCCCCCCC(C)(c1cc(C(C)(C)C)c(O)cc1C)C(CCCCCCCCCCCCC)(CCCCCCCCCCCCC)C(CCCCCCCCCCCCC)(c1cc(C(C)(C)C)c(O)cc1C)c1cc(C(C)(C)C)c(O)cc1C.OP(O)OP(O)O. The summed E-state index contributed by atoms with van der Waals surface area (Å²) in [5.74, 6) is 1.25. The van der Waals surface area contributed by atoms with E-state index < -0.39 is 22.6 Å². The lowest BCUT2D eigenvalue weighted by Crippen LogP contribution is -2.59. The van der Waals surface area contributed by atoms with Crippen LogP contribution in [0.4, 0.5) is 0 Å². The first kappa shape index (κ1) is 92.8. The molecule has 0 radical (unpaired) electrons. The van der Waals surface area contributed by atoms with E-state index in [-0.39, 0.29) is 27.1 Å². The zero-order valence-corrected chi connectivity index (χ0v) is 69.6. The van der Waals surface area contributed by atoms with Crippen molar-refractivity contribution in [3.63, 3.8) is 0 Å². The molecule has 0 heterocycles. The van der Waals surface area contributed by atoms with E-state index in [1.165, 1.54) is 290 Å². The first-order valence-electron chi connectivity index (χ1n) is 41.5. The number of hydrogen-bond donors (Lipinski definition) is 7.